The van der Waals surface area contributed by atoms with E-state index in [1.807, 2.05) is 24.3 Å². The van der Waals surface area contributed by atoms with Crippen LogP contribution in [-0.4, -0.2) is 41.1 Å². The highest BCUT2D eigenvalue weighted by Gasteiger charge is 2.28. The van der Waals surface area contributed by atoms with Crippen molar-refractivity contribution < 1.29 is 9.90 Å². The molecule has 1 aliphatic heterocycles. The van der Waals surface area contributed by atoms with Crippen LogP contribution in [0.25, 0.3) is 0 Å². The number of anilines is 1. The average Bonchev–Trinajstić information content (AvgIpc) is 2.43. The maximum absolute atomic E-state index is 12.1. The van der Waals surface area contributed by atoms with Crippen LogP contribution in [0.15, 0.2) is 28.7 Å². The van der Waals surface area contributed by atoms with Crippen LogP contribution < -0.4 is 5.32 Å². The van der Waals surface area contributed by atoms with Crippen LogP contribution in [0.5, 0.6) is 0 Å². The van der Waals surface area contributed by atoms with Crippen molar-refractivity contribution in [2.75, 3.05) is 18.5 Å². The molecule has 1 aromatic carbocycles. The van der Waals surface area contributed by atoms with E-state index in [-0.39, 0.29) is 18.6 Å². The number of carbonyl (C=O) groups excluding carboxylic acids is 1. The van der Waals surface area contributed by atoms with Gasteiger partial charge < -0.3 is 10.4 Å². The van der Waals surface area contributed by atoms with Crippen molar-refractivity contribution in [3.05, 3.63) is 28.7 Å². The van der Waals surface area contributed by atoms with Crippen LogP contribution in [-0.2, 0) is 4.79 Å². The van der Waals surface area contributed by atoms with Crippen LogP contribution in [0.3, 0.4) is 0 Å². The lowest BCUT2D eigenvalue weighted by atomic mass is 9.97. The SMILES string of the molecule is CC1CCCC(CO)N1CC(=O)Nc1ccc(Br)cc1. The van der Waals surface area contributed by atoms with Crippen LogP contribution in [0, 0.1) is 0 Å². The minimum atomic E-state index is -0.0282. The van der Waals surface area contributed by atoms with Gasteiger partial charge in [-0.2, -0.15) is 0 Å². The average molecular weight is 341 g/mol. The topological polar surface area (TPSA) is 52.6 Å². The van der Waals surface area contributed by atoms with E-state index in [0.29, 0.717) is 12.6 Å². The van der Waals surface area contributed by atoms with Gasteiger partial charge >= 0.3 is 0 Å². The van der Waals surface area contributed by atoms with E-state index in [2.05, 4.69) is 33.1 Å². The van der Waals surface area contributed by atoms with Gasteiger partial charge in [0.2, 0.25) is 5.91 Å². The Morgan fingerprint density at radius 2 is 2.10 bits per heavy atom. The van der Waals surface area contributed by atoms with Crippen molar-refractivity contribution in [2.24, 2.45) is 0 Å². The smallest absolute Gasteiger partial charge is 0.238 e. The molecule has 1 fully saturated rings. The van der Waals surface area contributed by atoms with Gasteiger partial charge in [-0.25, -0.2) is 0 Å². The zero-order valence-electron chi connectivity index (χ0n) is 11.7. The summed E-state index contributed by atoms with van der Waals surface area (Å²) >= 11 is 3.37. The third-order valence-electron chi connectivity index (χ3n) is 3.86. The summed E-state index contributed by atoms with van der Waals surface area (Å²) in [7, 11) is 0. The molecule has 20 heavy (non-hydrogen) atoms. The quantitative estimate of drug-likeness (QED) is 0.885. The molecular formula is C15H21BrN2O2. The first-order chi connectivity index (χ1) is 9.60. The van der Waals surface area contributed by atoms with Crippen molar-refractivity contribution in [1.29, 1.82) is 0 Å². The molecule has 1 amide bonds. The summed E-state index contributed by atoms with van der Waals surface area (Å²) in [6, 6.07) is 7.98. The number of rotatable bonds is 4. The summed E-state index contributed by atoms with van der Waals surface area (Å²) in [6.45, 7) is 2.58. The van der Waals surface area contributed by atoms with E-state index in [0.717, 1.165) is 29.4 Å². The second-order valence-corrected chi connectivity index (χ2v) is 6.26. The molecular weight excluding hydrogens is 320 g/mol. The lowest BCUT2D eigenvalue weighted by molar-refractivity contribution is -0.119. The van der Waals surface area contributed by atoms with Gasteiger partial charge in [-0.15, -0.1) is 0 Å². The Morgan fingerprint density at radius 1 is 1.40 bits per heavy atom. The van der Waals surface area contributed by atoms with E-state index in [1.165, 1.54) is 0 Å². The van der Waals surface area contributed by atoms with Crippen molar-refractivity contribution in [1.82, 2.24) is 4.90 Å². The predicted octanol–water partition coefficient (Wildman–Crippen LogP) is 2.62. The maximum Gasteiger partial charge on any atom is 0.238 e. The number of piperidine rings is 1. The van der Waals surface area contributed by atoms with Gasteiger partial charge in [0.15, 0.2) is 0 Å². The summed E-state index contributed by atoms with van der Waals surface area (Å²) in [5, 5.41) is 12.3. The fraction of sp³-hybridized carbons (Fsp3) is 0.533. The Labute approximate surface area is 128 Å². The van der Waals surface area contributed by atoms with Crippen LogP contribution in [0.4, 0.5) is 5.69 Å². The first-order valence-corrected chi connectivity index (χ1v) is 7.81. The largest absolute Gasteiger partial charge is 0.395 e. The number of carbonyl (C=O) groups is 1. The van der Waals surface area contributed by atoms with Crippen molar-refractivity contribution in [3.8, 4) is 0 Å². The predicted molar refractivity (Wildman–Crippen MR) is 83.7 cm³/mol. The Hall–Kier alpha value is -0.910. The summed E-state index contributed by atoms with van der Waals surface area (Å²) in [5.41, 5.74) is 0.795. The standard InChI is InChI=1S/C15H21BrN2O2/c1-11-3-2-4-14(10-19)18(11)9-15(20)17-13-7-5-12(16)6-8-13/h5-8,11,14,19H,2-4,9-10H2,1H3,(H,17,20). The zero-order chi connectivity index (χ0) is 14.5. The minimum Gasteiger partial charge on any atom is -0.395 e. The summed E-state index contributed by atoms with van der Waals surface area (Å²) in [5.74, 6) is -0.0282. The molecule has 2 rings (SSSR count). The number of nitrogens with one attached hydrogen (secondary N) is 1. The first kappa shape index (κ1) is 15.5. The Kier molecular flexibility index (Phi) is 5.57. The molecule has 1 aliphatic rings. The Balaban J connectivity index is 1.94. The van der Waals surface area contributed by atoms with Crippen LogP contribution in [0.2, 0.25) is 0 Å². The Morgan fingerprint density at radius 3 is 2.75 bits per heavy atom. The third-order valence-corrected chi connectivity index (χ3v) is 4.39. The molecule has 110 valence electrons. The summed E-state index contributed by atoms with van der Waals surface area (Å²) in [4.78, 5) is 14.2. The molecule has 0 aliphatic carbocycles. The number of aliphatic hydroxyl groups is 1. The molecule has 4 nitrogen and oxygen atoms in total. The molecule has 1 heterocycles. The number of amides is 1. The van der Waals surface area contributed by atoms with E-state index in [4.69, 9.17) is 0 Å². The first-order valence-electron chi connectivity index (χ1n) is 7.02. The highest BCUT2D eigenvalue weighted by Crippen LogP contribution is 2.22. The molecule has 2 atom stereocenters. The fourth-order valence-electron chi connectivity index (χ4n) is 2.72. The lowest BCUT2D eigenvalue weighted by Crippen LogP contribution is -2.50. The summed E-state index contributed by atoms with van der Waals surface area (Å²) in [6.07, 6.45) is 3.17. The molecule has 2 N–H and O–H groups in total. The van der Waals surface area contributed by atoms with Gasteiger partial charge in [0, 0.05) is 22.2 Å². The van der Waals surface area contributed by atoms with Crippen molar-refractivity contribution in [2.45, 2.75) is 38.3 Å². The van der Waals surface area contributed by atoms with Gasteiger partial charge in [-0.05, 0) is 44.0 Å². The number of aliphatic hydroxyl groups excluding tert-OH is 1. The maximum atomic E-state index is 12.1. The normalized spacial score (nSPS) is 23.6. The molecule has 1 aromatic rings. The lowest BCUT2D eigenvalue weighted by Gasteiger charge is -2.39. The third kappa shape index (κ3) is 4.04. The molecule has 0 radical (unpaired) electrons. The minimum absolute atomic E-state index is 0.0282. The summed E-state index contributed by atoms with van der Waals surface area (Å²) < 4.78 is 0.987. The number of halogens is 1. The highest BCUT2D eigenvalue weighted by molar-refractivity contribution is 9.10. The molecule has 0 saturated carbocycles. The number of hydrogen-bond donors (Lipinski definition) is 2. The van der Waals surface area contributed by atoms with E-state index in [9.17, 15) is 9.90 Å². The molecule has 5 heteroatoms. The molecule has 1 saturated heterocycles. The second-order valence-electron chi connectivity index (χ2n) is 5.34. The Bertz CT molecular complexity index is 450. The highest BCUT2D eigenvalue weighted by atomic mass is 79.9. The van der Waals surface area contributed by atoms with Gasteiger partial charge in [0.25, 0.3) is 0 Å². The molecule has 0 bridgehead atoms. The fourth-order valence-corrected chi connectivity index (χ4v) is 2.99. The molecule has 2 unspecified atom stereocenters. The number of nitrogens with zero attached hydrogens (tertiary/aromatic N) is 1. The van der Waals surface area contributed by atoms with Gasteiger partial charge in [0.1, 0.15) is 0 Å². The number of hydrogen-bond acceptors (Lipinski definition) is 3. The molecule has 0 spiro atoms. The van der Waals surface area contributed by atoms with Gasteiger partial charge in [0.05, 0.1) is 13.2 Å². The van der Waals surface area contributed by atoms with Crippen molar-refractivity contribution >= 4 is 27.5 Å². The van der Waals surface area contributed by atoms with Crippen molar-refractivity contribution in [3.63, 3.8) is 0 Å². The number of likely N-dealkylation sites (tertiary alicyclic amines) is 1. The molecule has 0 aromatic heterocycles. The second kappa shape index (κ2) is 7.20. The van der Waals surface area contributed by atoms with Gasteiger partial charge in [-0.1, -0.05) is 22.4 Å². The monoisotopic (exact) mass is 340 g/mol. The number of benzene rings is 1. The van der Waals surface area contributed by atoms with E-state index >= 15 is 0 Å². The van der Waals surface area contributed by atoms with Crippen LogP contribution in [0.1, 0.15) is 26.2 Å². The van der Waals surface area contributed by atoms with E-state index < -0.39 is 0 Å². The van der Waals surface area contributed by atoms with E-state index in [1.54, 1.807) is 0 Å². The van der Waals surface area contributed by atoms with Gasteiger partial charge in [-0.3, -0.25) is 9.69 Å². The van der Waals surface area contributed by atoms with Crippen LogP contribution >= 0.6 is 15.9 Å². The zero-order valence-corrected chi connectivity index (χ0v) is 13.3.